The Hall–Kier alpha value is -2.18. The Labute approximate surface area is 290 Å². The Morgan fingerprint density at radius 2 is 0.681 bits per heavy atom. The zero-order valence-electron chi connectivity index (χ0n) is 30.7. The highest BCUT2D eigenvalue weighted by molar-refractivity contribution is 5.66. The summed E-state index contributed by atoms with van der Waals surface area (Å²) in [5.41, 5.74) is 0. The van der Waals surface area contributed by atoms with Gasteiger partial charge < -0.3 is 20.4 Å². The van der Waals surface area contributed by atoms with Gasteiger partial charge in [0.25, 0.3) is 0 Å². The summed E-state index contributed by atoms with van der Waals surface area (Å²) in [6, 6.07) is 0. The van der Waals surface area contributed by atoms with Crippen molar-refractivity contribution in [3.63, 3.8) is 0 Å². The highest BCUT2D eigenvalue weighted by Crippen LogP contribution is 2.13. The lowest BCUT2D eigenvalue weighted by molar-refractivity contribution is -0.138. The summed E-state index contributed by atoms with van der Waals surface area (Å²) < 4.78 is 0. The number of hydrogen-bond donors (Lipinski definition) is 4. The van der Waals surface area contributed by atoms with Crippen LogP contribution in [0, 0.1) is 0 Å². The van der Waals surface area contributed by atoms with Crippen molar-refractivity contribution in [2.24, 2.45) is 0 Å². The molecule has 47 heavy (non-hydrogen) atoms. The number of hydrogen-bond acceptors (Lipinski definition) is 4. The van der Waals surface area contributed by atoms with Crippen molar-refractivity contribution in [3.8, 4) is 0 Å². The third-order valence-corrected chi connectivity index (χ3v) is 7.53. The molecule has 0 heterocycles. The van der Waals surface area contributed by atoms with Crippen LogP contribution in [0.5, 0.6) is 0 Å². The van der Waals surface area contributed by atoms with E-state index >= 15 is 0 Å². The van der Waals surface area contributed by atoms with E-state index in [0.29, 0.717) is 12.8 Å². The van der Waals surface area contributed by atoms with Crippen LogP contribution in [0.2, 0.25) is 0 Å². The SMILES string of the molecule is CCCCC/C=C\C/C=C\C/C=C\C/C=C\CCCC(=O)O.CCCCCCCCCCCCCCCCCC(=O)O.OCCCO. The number of aliphatic carboxylic acids is 2. The van der Waals surface area contributed by atoms with Gasteiger partial charge in [0.15, 0.2) is 0 Å². The van der Waals surface area contributed by atoms with Crippen LogP contribution in [-0.4, -0.2) is 45.6 Å². The summed E-state index contributed by atoms with van der Waals surface area (Å²) in [7, 11) is 0. The Balaban J connectivity index is -0.000000721. The minimum atomic E-state index is -0.712. The minimum Gasteiger partial charge on any atom is -0.481 e. The first-order valence-corrected chi connectivity index (χ1v) is 19.2. The van der Waals surface area contributed by atoms with Crippen LogP contribution in [-0.2, 0) is 9.59 Å². The number of allylic oxidation sites excluding steroid dienone is 8. The molecule has 0 unspecified atom stereocenters. The van der Waals surface area contributed by atoms with E-state index in [2.05, 4.69) is 62.5 Å². The molecule has 0 radical (unpaired) electrons. The van der Waals surface area contributed by atoms with Crippen LogP contribution < -0.4 is 0 Å². The number of carbonyl (C=O) groups is 2. The van der Waals surface area contributed by atoms with Crippen LogP contribution >= 0.6 is 0 Å². The Bertz CT molecular complexity index is 723. The predicted octanol–water partition coefficient (Wildman–Crippen LogP) is 11.9. The molecule has 0 aromatic heterocycles. The zero-order chi connectivity index (χ0) is 35.3. The molecule has 0 amide bonds. The van der Waals surface area contributed by atoms with Gasteiger partial charge in [-0.1, -0.05) is 165 Å². The number of rotatable bonds is 32. The molecule has 0 aliphatic heterocycles. The van der Waals surface area contributed by atoms with E-state index in [4.69, 9.17) is 20.4 Å². The van der Waals surface area contributed by atoms with E-state index in [-0.39, 0.29) is 19.6 Å². The second-order valence-electron chi connectivity index (χ2n) is 12.3. The van der Waals surface area contributed by atoms with Crippen LogP contribution in [0.1, 0.15) is 187 Å². The van der Waals surface area contributed by atoms with Crippen LogP contribution in [0.25, 0.3) is 0 Å². The molecule has 276 valence electrons. The van der Waals surface area contributed by atoms with E-state index in [1.807, 2.05) is 0 Å². The number of aliphatic hydroxyl groups excluding tert-OH is 2. The van der Waals surface area contributed by atoms with Gasteiger partial charge in [-0.15, -0.1) is 0 Å². The van der Waals surface area contributed by atoms with Crippen LogP contribution in [0.15, 0.2) is 48.6 Å². The van der Waals surface area contributed by atoms with Crippen molar-refractivity contribution >= 4 is 11.9 Å². The zero-order valence-corrected chi connectivity index (χ0v) is 30.7. The largest absolute Gasteiger partial charge is 0.481 e. The summed E-state index contributed by atoms with van der Waals surface area (Å²) in [4.78, 5) is 20.6. The van der Waals surface area contributed by atoms with Crippen molar-refractivity contribution in [1.29, 1.82) is 0 Å². The Morgan fingerprint density at radius 1 is 0.383 bits per heavy atom. The molecule has 0 atom stereocenters. The average molecular weight is 665 g/mol. The van der Waals surface area contributed by atoms with Crippen LogP contribution in [0.3, 0.4) is 0 Å². The Kier molecular flexibility index (Phi) is 50.5. The molecule has 0 rings (SSSR count). The molecule has 0 saturated heterocycles. The summed E-state index contributed by atoms with van der Waals surface area (Å²) in [5.74, 6) is -1.37. The first-order valence-electron chi connectivity index (χ1n) is 19.2. The Morgan fingerprint density at radius 3 is 1.02 bits per heavy atom. The number of unbranched alkanes of at least 4 members (excludes halogenated alkanes) is 18. The first kappa shape index (κ1) is 49.2. The molecule has 0 aliphatic rings. The van der Waals surface area contributed by atoms with Gasteiger partial charge in [-0.05, 0) is 57.8 Å². The molecule has 0 saturated carbocycles. The molecule has 6 heteroatoms. The lowest BCUT2D eigenvalue weighted by atomic mass is 10.0. The molecular weight excluding hydrogens is 588 g/mol. The fourth-order valence-corrected chi connectivity index (χ4v) is 4.65. The summed E-state index contributed by atoms with van der Waals surface area (Å²) in [6.45, 7) is 4.69. The molecule has 0 spiro atoms. The van der Waals surface area contributed by atoms with E-state index in [1.165, 1.54) is 109 Å². The number of carboxylic acid groups (broad SMARTS) is 2. The van der Waals surface area contributed by atoms with Crippen molar-refractivity contribution in [2.75, 3.05) is 13.2 Å². The minimum absolute atomic E-state index is 0.0938. The maximum atomic E-state index is 10.3. The third-order valence-electron chi connectivity index (χ3n) is 7.53. The average Bonchev–Trinajstić information content (AvgIpc) is 3.05. The summed E-state index contributed by atoms with van der Waals surface area (Å²) in [5, 5.41) is 32.8. The standard InChI is InChI=1S/C20H32O2.C18H36O2.C3H8O2/c1-2-3-4-5-6-7-8-9-10-11-12-13-14-15-16-17-18-19-20(21)22;1-2-3-4-5-6-7-8-9-10-11-12-13-14-15-16-17-18(19)20;4-2-1-3-5/h6-7,9-10,12-13,15-16H,2-5,8,11,14,17-19H2,1H3,(H,21,22);2-17H2,1H3,(H,19,20);4-5H,1-3H2/b7-6-,10-9-,13-12-,16-15-;;. The highest BCUT2D eigenvalue weighted by Gasteiger charge is 1.97. The van der Waals surface area contributed by atoms with Gasteiger partial charge in [-0.3, -0.25) is 9.59 Å². The second-order valence-corrected chi connectivity index (χ2v) is 12.3. The fourth-order valence-electron chi connectivity index (χ4n) is 4.65. The van der Waals surface area contributed by atoms with Crippen molar-refractivity contribution in [1.82, 2.24) is 0 Å². The quantitative estimate of drug-likeness (QED) is 0.0420. The lowest BCUT2D eigenvalue weighted by Gasteiger charge is -2.03. The van der Waals surface area contributed by atoms with E-state index in [1.54, 1.807) is 0 Å². The van der Waals surface area contributed by atoms with Crippen LogP contribution in [0.4, 0.5) is 0 Å². The van der Waals surface area contributed by atoms with Crippen molar-refractivity contribution < 1.29 is 30.0 Å². The lowest BCUT2D eigenvalue weighted by Crippen LogP contribution is -1.93. The van der Waals surface area contributed by atoms with E-state index < -0.39 is 11.9 Å². The van der Waals surface area contributed by atoms with Gasteiger partial charge in [0, 0.05) is 26.1 Å². The van der Waals surface area contributed by atoms with E-state index in [0.717, 1.165) is 44.9 Å². The van der Waals surface area contributed by atoms with Crippen molar-refractivity contribution in [2.45, 2.75) is 187 Å². The maximum absolute atomic E-state index is 10.3. The molecule has 0 fully saturated rings. The normalized spacial score (nSPS) is 11.3. The second kappa shape index (κ2) is 48.2. The van der Waals surface area contributed by atoms with Gasteiger partial charge in [0.1, 0.15) is 0 Å². The predicted molar refractivity (Wildman–Crippen MR) is 202 cm³/mol. The van der Waals surface area contributed by atoms with Gasteiger partial charge in [-0.25, -0.2) is 0 Å². The summed E-state index contributed by atoms with van der Waals surface area (Å²) in [6.07, 6.45) is 48.0. The molecule has 0 aromatic carbocycles. The summed E-state index contributed by atoms with van der Waals surface area (Å²) >= 11 is 0. The van der Waals surface area contributed by atoms with Gasteiger partial charge in [-0.2, -0.15) is 0 Å². The van der Waals surface area contributed by atoms with Gasteiger partial charge in [0.05, 0.1) is 0 Å². The number of aliphatic hydroxyl groups is 2. The molecule has 6 nitrogen and oxygen atoms in total. The third kappa shape index (κ3) is 59.7. The highest BCUT2D eigenvalue weighted by atomic mass is 16.4. The topological polar surface area (TPSA) is 115 Å². The molecule has 4 N–H and O–H groups in total. The number of carboxylic acids is 2. The molecule has 0 aromatic rings. The first-order chi connectivity index (χ1) is 23.0. The molecular formula is C41H76O6. The van der Waals surface area contributed by atoms with Crippen molar-refractivity contribution in [3.05, 3.63) is 48.6 Å². The smallest absolute Gasteiger partial charge is 0.303 e. The van der Waals surface area contributed by atoms with E-state index in [9.17, 15) is 9.59 Å². The molecule has 0 aliphatic carbocycles. The molecule has 0 bridgehead atoms. The van der Waals surface area contributed by atoms with Gasteiger partial charge in [0.2, 0.25) is 0 Å². The van der Waals surface area contributed by atoms with Gasteiger partial charge >= 0.3 is 11.9 Å². The monoisotopic (exact) mass is 665 g/mol. The maximum Gasteiger partial charge on any atom is 0.303 e. The fraction of sp³-hybridized carbons (Fsp3) is 0.756.